The number of para-hydroxylation sites is 2. The van der Waals surface area contributed by atoms with E-state index in [-0.39, 0.29) is 0 Å². The van der Waals surface area contributed by atoms with Gasteiger partial charge in [-0.2, -0.15) is 4.98 Å². The van der Waals surface area contributed by atoms with Gasteiger partial charge in [0.15, 0.2) is 0 Å². The number of hydrogen-bond acceptors (Lipinski definition) is 4. The molecule has 0 aliphatic heterocycles. The van der Waals surface area contributed by atoms with Crippen molar-refractivity contribution in [3.05, 3.63) is 71.4 Å². The summed E-state index contributed by atoms with van der Waals surface area (Å²) in [5, 5.41) is 3.34. The van der Waals surface area contributed by atoms with Crippen LogP contribution in [0.2, 0.25) is 0 Å². The highest BCUT2D eigenvalue weighted by molar-refractivity contribution is 5.66. The van der Waals surface area contributed by atoms with Gasteiger partial charge in [-0.25, -0.2) is 4.98 Å². The smallest absolute Gasteiger partial charge is 0.229 e. The third kappa shape index (κ3) is 3.23. The van der Waals surface area contributed by atoms with Crippen molar-refractivity contribution in [1.29, 1.82) is 0 Å². The Kier molecular flexibility index (Phi) is 4.47. The molecule has 0 saturated carbocycles. The molecule has 1 N–H and O–H groups in total. The molecule has 3 rings (SSSR count). The molecule has 24 heavy (non-hydrogen) atoms. The summed E-state index contributed by atoms with van der Waals surface area (Å²) in [6.45, 7) is 6.14. The Bertz CT molecular complexity index is 844. The number of rotatable bonds is 4. The third-order valence-electron chi connectivity index (χ3n) is 4.22. The zero-order chi connectivity index (χ0) is 17.1. The summed E-state index contributed by atoms with van der Waals surface area (Å²) in [5.74, 6) is 1.52. The molecule has 0 amide bonds. The van der Waals surface area contributed by atoms with Crippen LogP contribution in [0.15, 0.2) is 54.6 Å². The summed E-state index contributed by atoms with van der Waals surface area (Å²) in [7, 11) is 2.03. The molecule has 1 heterocycles. The largest absolute Gasteiger partial charge is 0.329 e. The van der Waals surface area contributed by atoms with Crippen molar-refractivity contribution in [1.82, 2.24) is 9.97 Å². The Morgan fingerprint density at radius 2 is 1.50 bits per heavy atom. The van der Waals surface area contributed by atoms with Gasteiger partial charge in [-0.05, 0) is 44.5 Å². The molecule has 2 aromatic carbocycles. The van der Waals surface area contributed by atoms with Crippen molar-refractivity contribution >= 4 is 23.1 Å². The van der Waals surface area contributed by atoms with E-state index < -0.39 is 0 Å². The van der Waals surface area contributed by atoms with Gasteiger partial charge in [0.25, 0.3) is 0 Å². The Balaban J connectivity index is 1.99. The van der Waals surface area contributed by atoms with Crippen LogP contribution < -0.4 is 10.2 Å². The summed E-state index contributed by atoms with van der Waals surface area (Å²) in [4.78, 5) is 11.4. The van der Waals surface area contributed by atoms with E-state index in [0.29, 0.717) is 5.95 Å². The number of benzene rings is 2. The van der Waals surface area contributed by atoms with Crippen LogP contribution in [0.1, 0.15) is 16.8 Å². The molecule has 3 aromatic rings. The maximum atomic E-state index is 4.75. The van der Waals surface area contributed by atoms with E-state index in [1.807, 2.05) is 50.4 Å². The van der Waals surface area contributed by atoms with Crippen LogP contribution in [0.5, 0.6) is 0 Å². The number of aromatic nitrogens is 2. The number of anilines is 4. The lowest BCUT2D eigenvalue weighted by atomic mass is 10.2. The Labute approximate surface area is 143 Å². The van der Waals surface area contributed by atoms with Gasteiger partial charge in [-0.1, -0.05) is 36.4 Å². The van der Waals surface area contributed by atoms with E-state index in [4.69, 9.17) is 4.98 Å². The van der Waals surface area contributed by atoms with Gasteiger partial charge in [0.1, 0.15) is 5.82 Å². The summed E-state index contributed by atoms with van der Waals surface area (Å²) < 4.78 is 0. The molecule has 122 valence electrons. The van der Waals surface area contributed by atoms with Gasteiger partial charge < -0.3 is 10.2 Å². The number of hydrogen-bond donors (Lipinski definition) is 1. The number of nitrogens with one attached hydrogen (secondary N) is 1. The lowest BCUT2D eigenvalue weighted by molar-refractivity contribution is 1.02. The monoisotopic (exact) mass is 318 g/mol. The van der Waals surface area contributed by atoms with Crippen molar-refractivity contribution in [2.75, 3.05) is 17.3 Å². The molecule has 0 saturated heterocycles. The Morgan fingerprint density at radius 1 is 0.833 bits per heavy atom. The summed E-state index contributed by atoms with van der Waals surface area (Å²) in [5.41, 5.74) is 5.34. The third-order valence-corrected chi connectivity index (χ3v) is 4.22. The van der Waals surface area contributed by atoms with Crippen LogP contribution in [0.3, 0.4) is 0 Å². The first-order valence-corrected chi connectivity index (χ1v) is 8.03. The first kappa shape index (κ1) is 16.0. The molecule has 0 atom stereocenters. The van der Waals surface area contributed by atoms with E-state index in [0.717, 1.165) is 34.0 Å². The highest BCUT2D eigenvalue weighted by Gasteiger charge is 2.14. The van der Waals surface area contributed by atoms with Gasteiger partial charge in [0.05, 0.1) is 0 Å². The second-order valence-corrected chi connectivity index (χ2v) is 5.92. The zero-order valence-electron chi connectivity index (χ0n) is 14.5. The first-order chi connectivity index (χ1) is 11.6. The normalized spacial score (nSPS) is 10.5. The highest BCUT2D eigenvalue weighted by Crippen LogP contribution is 2.28. The maximum Gasteiger partial charge on any atom is 0.229 e. The molecule has 4 heteroatoms. The van der Waals surface area contributed by atoms with Gasteiger partial charge in [-0.15, -0.1) is 0 Å². The molecule has 0 bridgehead atoms. The average molecular weight is 318 g/mol. The highest BCUT2D eigenvalue weighted by atomic mass is 15.2. The van der Waals surface area contributed by atoms with Crippen LogP contribution in [0, 0.1) is 20.8 Å². The quantitative estimate of drug-likeness (QED) is 0.742. The lowest BCUT2D eigenvalue weighted by Gasteiger charge is -2.22. The van der Waals surface area contributed by atoms with Crippen LogP contribution in [0.4, 0.5) is 23.1 Å². The van der Waals surface area contributed by atoms with Gasteiger partial charge >= 0.3 is 0 Å². The van der Waals surface area contributed by atoms with Crippen molar-refractivity contribution < 1.29 is 0 Å². The fourth-order valence-electron chi connectivity index (χ4n) is 2.60. The van der Waals surface area contributed by atoms with Crippen molar-refractivity contribution in [2.45, 2.75) is 20.8 Å². The predicted octanol–water partition coefficient (Wildman–Crippen LogP) is 4.91. The molecular formula is C20H22N4. The van der Waals surface area contributed by atoms with E-state index in [9.17, 15) is 0 Å². The zero-order valence-corrected chi connectivity index (χ0v) is 14.5. The molecule has 0 unspecified atom stereocenters. The van der Waals surface area contributed by atoms with Crippen molar-refractivity contribution in [3.63, 3.8) is 0 Å². The predicted molar refractivity (Wildman–Crippen MR) is 100 cm³/mol. The average Bonchev–Trinajstić information content (AvgIpc) is 2.60. The second kappa shape index (κ2) is 6.71. The lowest BCUT2D eigenvalue weighted by Crippen LogP contribution is -2.15. The topological polar surface area (TPSA) is 41.1 Å². The van der Waals surface area contributed by atoms with Gasteiger partial charge in [0, 0.05) is 29.7 Å². The minimum atomic E-state index is 0.616. The molecular weight excluding hydrogens is 296 g/mol. The summed E-state index contributed by atoms with van der Waals surface area (Å²) in [6, 6.07) is 18.4. The van der Waals surface area contributed by atoms with E-state index in [1.54, 1.807) is 0 Å². The van der Waals surface area contributed by atoms with Crippen LogP contribution >= 0.6 is 0 Å². The van der Waals surface area contributed by atoms with Crippen molar-refractivity contribution in [2.24, 2.45) is 0 Å². The van der Waals surface area contributed by atoms with Crippen molar-refractivity contribution in [3.8, 4) is 0 Å². The maximum absolute atomic E-state index is 4.75. The number of aryl methyl sites for hydroxylation is 2. The second-order valence-electron chi connectivity index (χ2n) is 5.92. The van der Waals surface area contributed by atoms with Crippen LogP contribution in [-0.2, 0) is 0 Å². The van der Waals surface area contributed by atoms with Crippen LogP contribution in [-0.4, -0.2) is 17.0 Å². The Morgan fingerprint density at radius 3 is 2.21 bits per heavy atom. The molecule has 0 fully saturated rings. The van der Waals surface area contributed by atoms with Gasteiger partial charge in [0.2, 0.25) is 5.95 Å². The van der Waals surface area contributed by atoms with Gasteiger partial charge in [-0.3, -0.25) is 0 Å². The summed E-state index contributed by atoms with van der Waals surface area (Å²) in [6.07, 6.45) is 0. The molecule has 0 aliphatic carbocycles. The van der Waals surface area contributed by atoms with E-state index in [2.05, 4.69) is 47.2 Å². The minimum Gasteiger partial charge on any atom is -0.329 e. The number of nitrogens with zero attached hydrogens (tertiary/aromatic N) is 3. The van der Waals surface area contributed by atoms with E-state index >= 15 is 0 Å². The molecule has 1 aromatic heterocycles. The Hall–Kier alpha value is -2.88. The molecule has 4 nitrogen and oxygen atoms in total. The molecule has 0 aliphatic rings. The SMILES string of the molecule is Cc1ccccc1Nc1nc(C)c(C)c(N(C)c2ccccc2)n1. The minimum absolute atomic E-state index is 0.616. The van der Waals surface area contributed by atoms with E-state index in [1.165, 1.54) is 0 Å². The summed E-state index contributed by atoms with van der Waals surface area (Å²) >= 11 is 0. The van der Waals surface area contributed by atoms with Crippen LogP contribution in [0.25, 0.3) is 0 Å². The standard InChI is InChI=1S/C20H22N4/c1-14-10-8-9-13-18(14)22-20-21-16(3)15(2)19(23-20)24(4)17-11-6-5-7-12-17/h5-13H,1-4H3,(H,21,22,23). The first-order valence-electron chi connectivity index (χ1n) is 8.03. The fourth-order valence-corrected chi connectivity index (χ4v) is 2.60. The molecule has 0 spiro atoms. The fraction of sp³-hybridized carbons (Fsp3) is 0.200. The molecule has 0 radical (unpaired) electrons.